The lowest BCUT2D eigenvalue weighted by molar-refractivity contribution is -0.139. The van der Waals surface area contributed by atoms with Crippen molar-refractivity contribution in [3.05, 3.63) is 58.7 Å². The number of benzene rings is 1. The van der Waals surface area contributed by atoms with Crippen LogP contribution in [0.3, 0.4) is 0 Å². The van der Waals surface area contributed by atoms with Gasteiger partial charge in [0.15, 0.2) is 10.8 Å². The molecule has 7 heteroatoms. The summed E-state index contributed by atoms with van der Waals surface area (Å²) in [6, 6.07) is 13.9. The molecule has 1 aliphatic rings. The summed E-state index contributed by atoms with van der Waals surface area (Å²) in [7, 11) is 0. The Labute approximate surface area is 185 Å². The second-order valence-corrected chi connectivity index (χ2v) is 9.51. The van der Waals surface area contributed by atoms with Crippen molar-refractivity contribution in [2.24, 2.45) is 0 Å². The van der Waals surface area contributed by atoms with Crippen LogP contribution in [0.5, 0.6) is 5.06 Å². The zero-order valence-corrected chi connectivity index (χ0v) is 18.9. The van der Waals surface area contributed by atoms with Gasteiger partial charge in [0.25, 0.3) is 0 Å². The summed E-state index contributed by atoms with van der Waals surface area (Å²) in [6.45, 7) is 5.89. The minimum Gasteiger partial charge on any atom is -0.481 e. The van der Waals surface area contributed by atoms with Crippen LogP contribution in [0.25, 0.3) is 10.6 Å². The Bertz CT molecular complexity index is 1050. The molecule has 0 spiro atoms. The highest BCUT2D eigenvalue weighted by Gasteiger charge is 2.26. The van der Waals surface area contributed by atoms with Gasteiger partial charge in [-0.05, 0) is 63.4 Å². The van der Waals surface area contributed by atoms with E-state index in [-0.39, 0.29) is 12.4 Å². The number of rotatable bonds is 9. The van der Waals surface area contributed by atoms with Crippen molar-refractivity contribution in [3.63, 3.8) is 0 Å². The smallest absolute Gasteiger partial charge is 0.174 e. The van der Waals surface area contributed by atoms with E-state index < -0.39 is 5.60 Å². The summed E-state index contributed by atoms with van der Waals surface area (Å²) in [5.41, 5.74) is 1.89. The average Bonchev–Trinajstić information content (AvgIpc) is 3.23. The highest BCUT2D eigenvalue weighted by Crippen LogP contribution is 2.37. The Morgan fingerprint density at radius 1 is 1.27 bits per heavy atom. The van der Waals surface area contributed by atoms with Crippen molar-refractivity contribution >= 4 is 28.7 Å². The second-order valence-electron chi connectivity index (χ2n) is 8.06. The number of carbonyl (C=O) groups excluding carboxylic acids is 1. The molecule has 30 heavy (non-hydrogen) atoms. The number of ketones is 1. The van der Waals surface area contributed by atoms with Crippen LogP contribution in [0.2, 0.25) is 5.02 Å². The lowest BCUT2D eigenvalue weighted by Gasteiger charge is -2.21. The number of hydrogen-bond acceptors (Lipinski definition) is 5. The maximum atomic E-state index is 11.8. The van der Waals surface area contributed by atoms with Crippen molar-refractivity contribution in [2.75, 3.05) is 0 Å². The van der Waals surface area contributed by atoms with Crippen LogP contribution in [-0.2, 0) is 22.7 Å². The third kappa shape index (κ3) is 4.94. The van der Waals surface area contributed by atoms with Crippen molar-refractivity contribution in [1.29, 1.82) is 0 Å². The van der Waals surface area contributed by atoms with Crippen LogP contribution in [-0.4, -0.2) is 27.3 Å². The molecule has 1 fully saturated rings. The van der Waals surface area contributed by atoms with E-state index in [1.807, 2.05) is 41.1 Å². The molecule has 3 aromatic rings. The molecule has 0 saturated heterocycles. The molecule has 0 bridgehead atoms. The minimum absolute atomic E-state index is 0.0154. The monoisotopic (exact) mass is 444 g/mol. The van der Waals surface area contributed by atoms with Gasteiger partial charge in [0.1, 0.15) is 5.60 Å². The van der Waals surface area contributed by atoms with E-state index in [2.05, 4.69) is 6.07 Å². The number of thiophene rings is 1. The lowest BCUT2D eigenvalue weighted by atomic mass is 10.1. The summed E-state index contributed by atoms with van der Waals surface area (Å²) in [5.74, 6) is -0.0154. The first-order valence-corrected chi connectivity index (χ1v) is 11.2. The van der Waals surface area contributed by atoms with Gasteiger partial charge in [-0.15, -0.1) is 0 Å². The molecule has 0 atom stereocenters. The van der Waals surface area contributed by atoms with Crippen molar-refractivity contribution < 1.29 is 14.3 Å². The zero-order chi connectivity index (χ0) is 21.3. The van der Waals surface area contributed by atoms with Gasteiger partial charge in [-0.3, -0.25) is 9.48 Å². The van der Waals surface area contributed by atoms with Gasteiger partial charge in [0.2, 0.25) is 0 Å². The van der Waals surface area contributed by atoms with Gasteiger partial charge >= 0.3 is 0 Å². The van der Waals surface area contributed by atoms with E-state index >= 15 is 0 Å². The number of halogens is 1. The minimum atomic E-state index is -0.846. The Morgan fingerprint density at radius 2 is 2.03 bits per heavy atom. The first kappa shape index (κ1) is 21.1. The SMILES string of the molecule is CC(=O)C(C)(C)OCc1cc(-c2ccc(OC3CC3)s2)n(Cc2ccccc2Cl)n1. The summed E-state index contributed by atoms with van der Waals surface area (Å²) in [6.07, 6.45) is 2.62. The van der Waals surface area contributed by atoms with Crippen LogP contribution < -0.4 is 4.74 Å². The molecule has 158 valence electrons. The molecule has 0 N–H and O–H groups in total. The van der Waals surface area contributed by atoms with Gasteiger partial charge in [-0.1, -0.05) is 41.1 Å². The van der Waals surface area contributed by atoms with Gasteiger partial charge in [0, 0.05) is 5.02 Å². The number of hydrogen-bond donors (Lipinski definition) is 0. The molecule has 0 aliphatic heterocycles. The molecule has 1 aromatic carbocycles. The van der Waals surface area contributed by atoms with E-state index in [9.17, 15) is 4.79 Å². The van der Waals surface area contributed by atoms with Crippen LogP contribution in [0.1, 0.15) is 44.9 Å². The van der Waals surface area contributed by atoms with Crippen LogP contribution >= 0.6 is 22.9 Å². The molecule has 0 unspecified atom stereocenters. The predicted molar refractivity (Wildman–Crippen MR) is 119 cm³/mol. The summed E-state index contributed by atoms with van der Waals surface area (Å²) in [5, 5.41) is 6.39. The van der Waals surface area contributed by atoms with Gasteiger partial charge in [-0.2, -0.15) is 5.10 Å². The van der Waals surface area contributed by atoms with Crippen molar-refractivity contribution in [2.45, 2.75) is 58.5 Å². The van der Waals surface area contributed by atoms with Crippen LogP contribution in [0.4, 0.5) is 0 Å². The fourth-order valence-electron chi connectivity index (χ4n) is 2.87. The molecule has 1 saturated carbocycles. The van der Waals surface area contributed by atoms with E-state index in [4.69, 9.17) is 26.2 Å². The molecule has 2 heterocycles. The predicted octanol–water partition coefficient (Wildman–Crippen LogP) is 5.74. The first-order chi connectivity index (χ1) is 14.3. The maximum absolute atomic E-state index is 11.8. The topological polar surface area (TPSA) is 53.4 Å². The lowest BCUT2D eigenvalue weighted by Crippen LogP contribution is -2.32. The standard InChI is InChI=1S/C23H25ClN2O3S/c1-15(27)23(2,3)28-14-17-12-20(21-10-11-22(30-21)29-18-8-9-18)26(25-17)13-16-6-4-5-7-19(16)24/h4-7,10-12,18H,8-9,13-14H2,1-3H3. The van der Waals surface area contributed by atoms with Gasteiger partial charge < -0.3 is 9.47 Å². The molecular weight excluding hydrogens is 420 g/mol. The molecule has 2 aromatic heterocycles. The summed E-state index contributed by atoms with van der Waals surface area (Å²) < 4.78 is 13.7. The molecule has 0 radical (unpaired) electrons. The maximum Gasteiger partial charge on any atom is 0.174 e. The van der Waals surface area contributed by atoms with Crippen LogP contribution in [0.15, 0.2) is 42.5 Å². The fourth-order valence-corrected chi connectivity index (χ4v) is 4.01. The van der Waals surface area contributed by atoms with Crippen LogP contribution in [0, 0.1) is 0 Å². The number of Topliss-reactive ketones (excluding diaryl/α,β-unsaturated/α-hetero) is 1. The summed E-state index contributed by atoms with van der Waals surface area (Å²) in [4.78, 5) is 12.8. The number of ether oxygens (including phenoxy) is 2. The number of carbonyl (C=O) groups is 1. The Morgan fingerprint density at radius 3 is 2.73 bits per heavy atom. The Hall–Kier alpha value is -2.15. The van der Waals surface area contributed by atoms with E-state index in [1.165, 1.54) is 6.92 Å². The fraction of sp³-hybridized carbons (Fsp3) is 0.391. The van der Waals surface area contributed by atoms with Crippen molar-refractivity contribution in [1.82, 2.24) is 9.78 Å². The third-order valence-corrected chi connectivity index (χ3v) is 6.55. The van der Waals surface area contributed by atoms with E-state index in [0.29, 0.717) is 17.7 Å². The molecular formula is C23H25ClN2O3S. The van der Waals surface area contributed by atoms with E-state index in [1.54, 1.807) is 25.2 Å². The third-order valence-electron chi connectivity index (χ3n) is 5.18. The first-order valence-electron chi connectivity index (χ1n) is 10.0. The number of aromatic nitrogens is 2. The van der Waals surface area contributed by atoms with Gasteiger partial charge in [-0.25, -0.2) is 0 Å². The quantitative estimate of drug-likeness (QED) is 0.422. The summed E-state index contributed by atoms with van der Waals surface area (Å²) >= 11 is 8.00. The van der Waals surface area contributed by atoms with E-state index in [0.717, 1.165) is 39.7 Å². The molecule has 0 amide bonds. The van der Waals surface area contributed by atoms with Crippen molar-refractivity contribution in [3.8, 4) is 15.6 Å². The second kappa shape index (κ2) is 8.53. The molecule has 4 rings (SSSR count). The normalized spacial score (nSPS) is 14.1. The molecule has 5 nitrogen and oxygen atoms in total. The van der Waals surface area contributed by atoms with Gasteiger partial charge in [0.05, 0.1) is 35.5 Å². The number of nitrogens with zero attached hydrogens (tertiary/aromatic N) is 2. The average molecular weight is 445 g/mol. The Kier molecular flexibility index (Phi) is 6.00. The highest BCUT2D eigenvalue weighted by atomic mass is 35.5. The zero-order valence-electron chi connectivity index (χ0n) is 17.4. The molecule has 1 aliphatic carbocycles. The highest BCUT2D eigenvalue weighted by molar-refractivity contribution is 7.17. The largest absolute Gasteiger partial charge is 0.481 e. The Balaban J connectivity index is 1.62.